The summed E-state index contributed by atoms with van der Waals surface area (Å²) in [6.07, 6.45) is 7.51. The van der Waals surface area contributed by atoms with Crippen molar-refractivity contribution in [3.63, 3.8) is 0 Å². The second kappa shape index (κ2) is 6.36. The maximum Gasteiger partial charge on any atom is 0.112 e. The van der Waals surface area contributed by atoms with Gasteiger partial charge >= 0.3 is 0 Å². The monoisotopic (exact) mass is 310 g/mol. The number of aryl methyl sites for hydroxylation is 1. The van der Waals surface area contributed by atoms with Crippen LogP contribution in [0, 0.1) is 0 Å². The number of alkyl halides is 1. The van der Waals surface area contributed by atoms with E-state index in [1.54, 1.807) is 0 Å². The molecule has 2 aromatic rings. The Morgan fingerprint density at radius 3 is 2.75 bits per heavy atom. The average molecular weight is 311 g/mol. The summed E-state index contributed by atoms with van der Waals surface area (Å²) in [5.74, 6) is 2.53. The van der Waals surface area contributed by atoms with Crippen LogP contribution in [0.15, 0.2) is 18.2 Å². The first-order valence-electron chi connectivity index (χ1n) is 7.51. The number of aromatic nitrogens is 2. The summed E-state index contributed by atoms with van der Waals surface area (Å²) in [7, 11) is 0. The van der Waals surface area contributed by atoms with Crippen LogP contribution in [-0.2, 0) is 6.54 Å². The van der Waals surface area contributed by atoms with Crippen molar-refractivity contribution in [3.8, 4) is 0 Å². The summed E-state index contributed by atoms with van der Waals surface area (Å²) in [6.45, 7) is 0.937. The predicted octanol–water partition coefficient (Wildman–Crippen LogP) is 5.37. The third kappa shape index (κ3) is 2.82. The molecule has 0 N–H and O–H groups in total. The molecule has 1 saturated carbocycles. The molecule has 1 aliphatic carbocycles. The van der Waals surface area contributed by atoms with Gasteiger partial charge in [0.2, 0.25) is 0 Å². The maximum atomic E-state index is 6.15. The summed E-state index contributed by atoms with van der Waals surface area (Å²) in [5.41, 5.74) is 2.22. The summed E-state index contributed by atoms with van der Waals surface area (Å²) < 4.78 is 2.35. The molecule has 0 atom stereocenters. The number of fused-ring (bicyclic) bond motifs is 1. The molecule has 0 unspecified atom stereocenters. The first-order valence-corrected chi connectivity index (χ1v) is 8.42. The summed E-state index contributed by atoms with van der Waals surface area (Å²) >= 11 is 12.0. The van der Waals surface area contributed by atoms with E-state index in [-0.39, 0.29) is 0 Å². The second-order valence-corrected chi connectivity index (χ2v) is 6.45. The van der Waals surface area contributed by atoms with Crippen molar-refractivity contribution in [2.45, 2.75) is 51.0 Å². The minimum Gasteiger partial charge on any atom is -0.328 e. The van der Waals surface area contributed by atoms with E-state index < -0.39 is 0 Å². The Hall–Kier alpha value is -0.730. The van der Waals surface area contributed by atoms with Crippen molar-refractivity contribution in [2.24, 2.45) is 0 Å². The van der Waals surface area contributed by atoms with Crippen LogP contribution in [0.3, 0.4) is 0 Å². The number of rotatable bonds is 4. The van der Waals surface area contributed by atoms with Gasteiger partial charge in [0.1, 0.15) is 5.82 Å². The van der Waals surface area contributed by atoms with E-state index in [0.717, 1.165) is 29.0 Å². The molecule has 1 heterocycles. The van der Waals surface area contributed by atoms with Gasteiger partial charge in [0.05, 0.1) is 11.0 Å². The van der Waals surface area contributed by atoms with Gasteiger partial charge in [-0.1, -0.05) is 30.9 Å². The third-order valence-corrected chi connectivity index (χ3v) is 4.73. The van der Waals surface area contributed by atoms with Crippen molar-refractivity contribution in [1.82, 2.24) is 9.55 Å². The van der Waals surface area contributed by atoms with Crippen LogP contribution in [0.5, 0.6) is 0 Å². The highest BCUT2D eigenvalue weighted by atomic mass is 35.5. The first-order chi connectivity index (χ1) is 9.79. The molecule has 1 aliphatic rings. The van der Waals surface area contributed by atoms with Crippen LogP contribution < -0.4 is 0 Å². The molecule has 4 heteroatoms. The number of hydrogen-bond donors (Lipinski definition) is 0. The Morgan fingerprint density at radius 1 is 1.20 bits per heavy atom. The zero-order valence-electron chi connectivity index (χ0n) is 11.6. The van der Waals surface area contributed by atoms with Crippen molar-refractivity contribution in [3.05, 3.63) is 29.0 Å². The largest absolute Gasteiger partial charge is 0.328 e. The highest BCUT2D eigenvalue weighted by Gasteiger charge is 2.22. The molecular formula is C16H20Cl2N2. The fraction of sp³-hybridized carbons (Fsp3) is 0.562. The van der Waals surface area contributed by atoms with Crippen molar-refractivity contribution in [1.29, 1.82) is 0 Å². The Kier molecular flexibility index (Phi) is 4.52. The molecule has 0 saturated heterocycles. The number of benzene rings is 1. The van der Waals surface area contributed by atoms with Gasteiger partial charge in [-0.15, -0.1) is 11.6 Å². The maximum absolute atomic E-state index is 6.15. The van der Waals surface area contributed by atoms with E-state index in [4.69, 9.17) is 28.2 Å². The molecule has 3 rings (SSSR count). The van der Waals surface area contributed by atoms with Gasteiger partial charge in [-0.2, -0.15) is 0 Å². The Bertz CT molecular complexity index is 585. The second-order valence-electron chi connectivity index (χ2n) is 5.63. The smallest absolute Gasteiger partial charge is 0.112 e. The Morgan fingerprint density at radius 2 is 2.00 bits per heavy atom. The van der Waals surface area contributed by atoms with Crippen molar-refractivity contribution in [2.75, 3.05) is 5.88 Å². The normalized spacial score (nSPS) is 16.9. The van der Waals surface area contributed by atoms with Crippen LogP contribution in [0.25, 0.3) is 11.0 Å². The van der Waals surface area contributed by atoms with Gasteiger partial charge < -0.3 is 4.57 Å². The van der Waals surface area contributed by atoms with Crippen LogP contribution in [0.2, 0.25) is 5.02 Å². The molecule has 108 valence electrons. The van der Waals surface area contributed by atoms with Crippen LogP contribution >= 0.6 is 23.2 Å². The minimum atomic E-state index is 0.602. The number of halogens is 2. The summed E-state index contributed by atoms with van der Waals surface area (Å²) in [4.78, 5) is 4.89. The molecule has 0 radical (unpaired) electrons. The molecule has 0 amide bonds. The van der Waals surface area contributed by atoms with E-state index in [1.165, 1.54) is 37.9 Å². The van der Waals surface area contributed by atoms with E-state index in [1.807, 2.05) is 18.2 Å². The molecule has 1 aromatic heterocycles. The zero-order chi connectivity index (χ0) is 13.9. The minimum absolute atomic E-state index is 0.602. The summed E-state index contributed by atoms with van der Waals surface area (Å²) in [5, 5.41) is 0.778. The van der Waals surface area contributed by atoms with Crippen LogP contribution in [0.1, 0.15) is 50.3 Å². The number of hydrogen-bond acceptors (Lipinski definition) is 1. The van der Waals surface area contributed by atoms with Gasteiger partial charge in [0, 0.05) is 23.4 Å². The Balaban J connectivity index is 2.04. The van der Waals surface area contributed by atoms with E-state index in [9.17, 15) is 0 Å². The van der Waals surface area contributed by atoms with E-state index >= 15 is 0 Å². The highest BCUT2D eigenvalue weighted by Crippen LogP contribution is 2.34. The molecule has 1 aromatic carbocycles. The number of nitrogens with zero attached hydrogens (tertiary/aromatic N) is 2. The van der Waals surface area contributed by atoms with Crippen LogP contribution in [-0.4, -0.2) is 15.4 Å². The third-order valence-electron chi connectivity index (χ3n) is 4.23. The lowest BCUT2D eigenvalue weighted by Gasteiger charge is -2.22. The lowest BCUT2D eigenvalue weighted by Crippen LogP contribution is -2.12. The van der Waals surface area contributed by atoms with Gasteiger partial charge in [-0.25, -0.2) is 4.98 Å². The fourth-order valence-electron chi connectivity index (χ4n) is 3.24. The molecule has 20 heavy (non-hydrogen) atoms. The molecule has 1 fully saturated rings. The lowest BCUT2D eigenvalue weighted by atomic mass is 9.88. The molecule has 2 nitrogen and oxygen atoms in total. The molecule has 0 bridgehead atoms. The van der Waals surface area contributed by atoms with Gasteiger partial charge in [0.15, 0.2) is 0 Å². The standard InChI is InChI=1S/C16H20Cl2N2/c17-9-4-10-20-15-11-13(18)7-8-14(15)19-16(20)12-5-2-1-3-6-12/h7-8,11-12H,1-6,9-10H2. The van der Waals surface area contributed by atoms with Crippen LogP contribution in [0.4, 0.5) is 0 Å². The average Bonchev–Trinajstić information content (AvgIpc) is 2.84. The topological polar surface area (TPSA) is 17.8 Å². The van der Waals surface area contributed by atoms with Gasteiger partial charge in [0.25, 0.3) is 0 Å². The van der Waals surface area contributed by atoms with E-state index in [0.29, 0.717) is 11.8 Å². The Labute approximate surface area is 130 Å². The highest BCUT2D eigenvalue weighted by molar-refractivity contribution is 6.31. The summed E-state index contributed by atoms with van der Waals surface area (Å²) in [6, 6.07) is 5.99. The van der Waals surface area contributed by atoms with Gasteiger partial charge in [-0.3, -0.25) is 0 Å². The lowest BCUT2D eigenvalue weighted by molar-refractivity contribution is 0.416. The van der Waals surface area contributed by atoms with Crippen molar-refractivity contribution >= 4 is 34.2 Å². The SMILES string of the molecule is ClCCCn1c(C2CCCCC2)nc2ccc(Cl)cc21. The van der Waals surface area contributed by atoms with Gasteiger partial charge in [-0.05, 0) is 37.5 Å². The molecule has 0 spiro atoms. The predicted molar refractivity (Wildman–Crippen MR) is 85.9 cm³/mol. The zero-order valence-corrected chi connectivity index (χ0v) is 13.1. The fourth-order valence-corrected chi connectivity index (χ4v) is 3.53. The number of imidazole rings is 1. The molecule has 0 aliphatic heterocycles. The van der Waals surface area contributed by atoms with E-state index in [2.05, 4.69) is 4.57 Å². The van der Waals surface area contributed by atoms with Crippen molar-refractivity contribution < 1.29 is 0 Å². The first kappa shape index (κ1) is 14.2. The quantitative estimate of drug-likeness (QED) is 0.694. The molecular weight excluding hydrogens is 291 g/mol.